The molecule has 0 spiro atoms. The van der Waals surface area contributed by atoms with Gasteiger partial charge in [-0.3, -0.25) is 9.52 Å². The lowest BCUT2D eigenvalue weighted by molar-refractivity contribution is 0.0600. The summed E-state index contributed by atoms with van der Waals surface area (Å²) in [5.41, 5.74) is 1.02. The van der Waals surface area contributed by atoms with Crippen LogP contribution in [0.1, 0.15) is 33.9 Å². The number of amides is 1. The van der Waals surface area contributed by atoms with Gasteiger partial charge in [0.1, 0.15) is 4.21 Å². The number of likely N-dealkylation sites (tertiary alicyclic amines) is 1. The zero-order chi connectivity index (χ0) is 22.0. The van der Waals surface area contributed by atoms with Gasteiger partial charge in [-0.2, -0.15) is 4.98 Å². The van der Waals surface area contributed by atoms with Crippen LogP contribution in [0.3, 0.4) is 0 Å². The summed E-state index contributed by atoms with van der Waals surface area (Å²) in [6.45, 7) is 1.31. The molecule has 2 aromatic heterocycles. The van der Waals surface area contributed by atoms with Crippen molar-refractivity contribution < 1.29 is 27.3 Å². The molecule has 0 aliphatic carbocycles. The predicted molar refractivity (Wildman–Crippen MR) is 111 cm³/mol. The first-order valence-electron chi connectivity index (χ1n) is 9.30. The number of aromatic nitrogens is 2. The summed E-state index contributed by atoms with van der Waals surface area (Å²) in [7, 11) is -2.60. The lowest BCUT2D eigenvalue weighted by Crippen LogP contribution is -2.27. The van der Waals surface area contributed by atoms with Crippen LogP contribution >= 0.6 is 11.3 Å². The Balaban J connectivity index is 1.49. The number of esters is 1. The van der Waals surface area contributed by atoms with Crippen LogP contribution in [-0.2, 0) is 14.8 Å². The SMILES string of the molecule is COC(=O)c1ccc(NS(=O)(=O)c2cc(-c3noc(C(=O)N4CCCC4)n3)cs2)cc1. The normalized spacial score (nSPS) is 13.9. The van der Waals surface area contributed by atoms with Crippen molar-refractivity contribution in [3.63, 3.8) is 0 Å². The molecule has 1 aromatic carbocycles. The maximum atomic E-state index is 12.7. The predicted octanol–water partition coefficient (Wildman–Crippen LogP) is 2.62. The van der Waals surface area contributed by atoms with Crippen LogP contribution in [0.15, 0.2) is 44.4 Å². The number of sulfonamides is 1. The molecule has 0 unspecified atom stereocenters. The standard InChI is InChI=1S/C19H18N4O6S2/c1-28-19(25)12-4-6-14(7-5-12)22-31(26,27)15-10-13(11-30-15)16-20-17(29-21-16)18(24)23-8-2-3-9-23/h4-7,10-11,22H,2-3,8-9H2,1H3. The van der Waals surface area contributed by atoms with Crippen molar-refractivity contribution >= 4 is 38.9 Å². The number of benzene rings is 1. The number of hydrogen-bond acceptors (Lipinski definition) is 9. The smallest absolute Gasteiger partial charge is 0.337 e. The van der Waals surface area contributed by atoms with Gasteiger partial charge in [-0.25, -0.2) is 13.2 Å². The fourth-order valence-corrected chi connectivity index (χ4v) is 5.27. The van der Waals surface area contributed by atoms with Crippen LogP contribution in [0.4, 0.5) is 5.69 Å². The Morgan fingerprint density at radius 2 is 1.90 bits per heavy atom. The van der Waals surface area contributed by atoms with Gasteiger partial charge in [0.2, 0.25) is 5.82 Å². The Hall–Kier alpha value is -3.25. The highest BCUT2D eigenvalue weighted by molar-refractivity contribution is 7.94. The number of thiophene rings is 1. The molecule has 162 valence electrons. The third kappa shape index (κ3) is 4.44. The zero-order valence-electron chi connectivity index (χ0n) is 16.4. The molecule has 0 atom stereocenters. The van der Waals surface area contributed by atoms with Crippen LogP contribution in [0.2, 0.25) is 0 Å². The number of nitrogens with one attached hydrogen (secondary N) is 1. The molecule has 1 aliphatic rings. The molecule has 1 amide bonds. The van der Waals surface area contributed by atoms with E-state index in [0.717, 1.165) is 24.2 Å². The van der Waals surface area contributed by atoms with Crippen LogP contribution in [-0.4, -0.2) is 55.5 Å². The molecule has 0 radical (unpaired) electrons. The van der Waals surface area contributed by atoms with E-state index < -0.39 is 16.0 Å². The molecule has 1 aliphatic heterocycles. The number of ether oxygens (including phenoxy) is 1. The molecular weight excluding hydrogens is 444 g/mol. The maximum absolute atomic E-state index is 12.7. The van der Waals surface area contributed by atoms with Gasteiger partial charge in [0.15, 0.2) is 0 Å². The molecule has 10 nitrogen and oxygen atoms in total. The number of nitrogens with zero attached hydrogens (tertiary/aromatic N) is 3. The van der Waals surface area contributed by atoms with E-state index in [2.05, 4.69) is 19.6 Å². The van der Waals surface area contributed by atoms with Gasteiger partial charge in [-0.05, 0) is 43.2 Å². The van der Waals surface area contributed by atoms with Crippen LogP contribution in [0, 0.1) is 0 Å². The first kappa shape index (κ1) is 21.0. The summed E-state index contributed by atoms with van der Waals surface area (Å²) < 4.78 is 37.6. The van der Waals surface area contributed by atoms with Crippen LogP contribution in [0.25, 0.3) is 11.4 Å². The Morgan fingerprint density at radius 3 is 2.58 bits per heavy atom. The van der Waals surface area contributed by atoms with Crippen molar-refractivity contribution in [3.8, 4) is 11.4 Å². The molecule has 3 heterocycles. The number of rotatable bonds is 6. The Bertz CT molecular complexity index is 1210. The second-order valence-electron chi connectivity index (χ2n) is 6.75. The van der Waals surface area contributed by atoms with Crippen molar-refractivity contribution in [2.45, 2.75) is 17.1 Å². The molecular formula is C19H18N4O6S2. The van der Waals surface area contributed by atoms with Crippen molar-refractivity contribution in [2.24, 2.45) is 0 Å². The van der Waals surface area contributed by atoms with Crippen LogP contribution in [0.5, 0.6) is 0 Å². The average Bonchev–Trinajstić information content (AvgIpc) is 3.54. The minimum Gasteiger partial charge on any atom is -0.465 e. The summed E-state index contributed by atoms with van der Waals surface area (Å²) >= 11 is 0.984. The second-order valence-corrected chi connectivity index (χ2v) is 9.57. The van der Waals surface area contributed by atoms with Gasteiger partial charge in [-0.1, -0.05) is 5.16 Å². The van der Waals surface area contributed by atoms with Crippen molar-refractivity contribution in [3.05, 3.63) is 47.2 Å². The largest absolute Gasteiger partial charge is 0.465 e. The summed E-state index contributed by atoms with van der Waals surface area (Å²) in [5, 5.41) is 5.38. The lowest BCUT2D eigenvalue weighted by Gasteiger charge is -2.10. The van der Waals surface area contributed by atoms with Crippen molar-refractivity contribution in [2.75, 3.05) is 24.9 Å². The van der Waals surface area contributed by atoms with Gasteiger partial charge in [0.05, 0.1) is 12.7 Å². The quantitative estimate of drug-likeness (QED) is 0.553. The van der Waals surface area contributed by atoms with E-state index in [1.54, 1.807) is 10.3 Å². The molecule has 0 saturated carbocycles. The maximum Gasteiger partial charge on any atom is 0.337 e. The van der Waals surface area contributed by atoms with Gasteiger partial charge >= 0.3 is 17.8 Å². The van der Waals surface area contributed by atoms with E-state index in [0.29, 0.717) is 29.9 Å². The number of anilines is 1. The monoisotopic (exact) mass is 462 g/mol. The average molecular weight is 463 g/mol. The Kier molecular flexibility index (Phi) is 5.74. The Labute approximate surface area is 181 Å². The van der Waals surface area contributed by atoms with Gasteiger partial charge in [-0.15, -0.1) is 11.3 Å². The van der Waals surface area contributed by atoms with Gasteiger partial charge < -0.3 is 14.2 Å². The number of hydrogen-bond donors (Lipinski definition) is 1. The first-order valence-corrected chi connectivity index (χ1v) is 11.7. The summed E-state index contributed by atoms with van der Waals surface area (Å²) in [6, 6.07) is 7.26. The third-order valence-corrected chi connectivity index (χ3v) is 7.48. The fourth-order valence-electron chi connectivity index (χ4n) is 3.06. The number of carbonyl (C=O) groups is 2. The van der Waals surface area contributed by atoms with Crippen molar-refractivity contribution in [1.82, 2.24) is 15.0 Å². The summed E-state index contributed by atoms with van der Waals surface area (Å²) in [6.07, 6.45) is 1.88. The molecule has 12 heteroatoms. The van der Waals surface area contributed by atoms with Crippen molar-refractivity contribution in [1.29, 1.82) is 0 Å². The molecule has 1 saturated heterocycles. The highest BCUT2D eigenvalue weighted by Gasteiger charge is 2.26. The molecule has 1 fully saturated rings. The molecule has 4 rings (SSSR count). The molecule has 0 bridgehead atoms. The summed E-state index contributed by atoms with van der Waals surface area (Å²) in [4.78, 5) is 29.6. The van der Waals surface area contributed by atoms with E-state index in [-0.39, 0.29) is 21.8 Å². The molecule has 3 aromatic rings. The molecule has 31 heavy (non-hydrogen) atoms. The fraction of sp³-hybridized carbons (Fsp3) is 0.263. The number of carbonyl (C=O) groups excluding carboxylic acids is 2. The highest BCUT2D eigenvalue weighted by atomic mass is 32.2. The molecule has 1 N–H and O–H groups in total. The Morgan fingerprint density at radius 1 is 1.19 bits per heavy atom. The van der Waals surface area contributed by atoms with Gasteiger partial charge in [0.25, 0.3) is 10.0 Å². The van der Waals surface area contributed by atoms with E-state index in [1.807, 2.05) is 0 Å². The van der Waals surface area contributed by atoms with E-state index in [4.69, 9.17) is 4.52 Å². The van der Waals surface area contributed by atoms with Crippen LogP contribution < -0.4 is 4.72 Å². The number of methoxy groups -OCH3 is 1. The van der Waals surface area contributed by atoms with E-state index in [9.17, 15) is 18.0 Å². The zero-order valence-corrected chi connectivity index (χ0v) is 18.0. The highest BCUT2D eigenvalue weighted by Crippen LogP contribution is 2.28. The third-order valence-electron chi connectivity index (χ3n) is 4.66. The van der Waals surface area contributed by atoms with Gasteiger partial charge in [0, 0.05) is 29.7 Å². The second kappa shape index (κ2) is 8.47. The van der Waals surface area contributed by atoms with E-state index in [1.165, 1.54) is 37.4 Å². The lowest BCUT2D eigenvalue weighted by atomic mass is 10.2. The first-order chi connectivity index (χ1) is 14.9. The minimum absolute atomic E-state index is 0.0387. The van der Waals surface area contributed by atoms with E-state index >= 15 is 0 Å². The summed E-state index contributed by atoms with van der Waals surface area (Å²) in [5.74, 6) is -0.810. The minimum atomic E-state index is -3.87. The topological polar surface area (TPSA) is 132 Å².